The van der Waals surface area contributed by atoms with Crippen LogP contribution in [0.15, 0.2) is 28.9 Å². The van der Waals surface area contributed by atoms with E-state index in [1.165, 1.54) is 25.3 Å². The van der Waals surface area contributed by atoms with Crippen LogP contribution in [-0.4, -0.2) is 31.5 Å². The Morgan fingerprint density at radius 3 is 2.66 bits per heavy atom. The number of rotatable bonds is 6. The monoisotopic (exact) mass is 528 g/mol. The molecule has 0 bridgehead atoms. The fraction of sp³-hybridized carbons (Fsp3) is 0.158. The molecule has 3 N–H and O–H groups in total. The lowest BCUT2D eigenvalue weighted by molar-refractivity contribution is -0.389. The van der Waals surface area contributed by atoms with E-state index in [9.17, 15) is 32.9 Å². The molecule has 4 aromatic rings. The zero-order valence-corrected chi connectivity index (χ0v) is 18.9. The number of nitrogens with two attached hydrogens (primary N) is 1. The van der Waals surface area contributed by atoms with E-state index in [4.69, 9.17) is 21.8 Å². The largest absolute Gasteiger partial charge is 0.464 e. The number of carbonyl (C=O) groups is 2. The number of alkyl halides is 3. The third-order valence-corrected chi connectivity index (χ3v) is 6.35. The fourth-order valence-corrected chi connectivity index (χ4v) is 4.47. The Morgan fingerprint density at radius 2 is 2.11 bits per heavy atom. The Kier molecular flexibility index (Phi) is 5.98. The van der Waals surface area contributed by atoms with Crippen molar-refractivity contribution < 1.29 is 32.1 Å². The number of pyridine rings is 1. The lowest BCUT2D eigenvalue weighted by atomic mass is 10.1. The Bertz CT molecular complexity index is 1500. The maximum absolute atomic E-state index is 13.5. The van der Waals surface area contributed by atoms with Gasteiger partial charge in [-0.3, -0.25) is 9.59 Å². The highest BCUT2D eigenvalue weighted by atomic mass is 35.5. The van der Waals surface area contributed by atoms with Crippen LogP contribution in [0.5, 0.6) is 0 Å². The minimum absolute atomic E-state index is 0.00120. The third-order valence-electron chi connectivity index (χ3n) is 4.81. The molecule has 0 aliphatic heterocycles. The van der Waals surface area contributed by atoms with Crippen LogP contribution in [0.1, 0.15) is 21.1 Å². The van der Waals surface area contributed by atoms with E-state index in [0.717, 1.165) is 10.7 Å². The maximum Gasteiger partial charge on any atom is 0.433 e. The van der Waals surface area contributed by atoms with Gasteiger partial charge in [0.2, 0.25) is 5.91 Å². The summed E-state index contributed by atoms with van der Waals surface area (Å²) in [5.74, 6) is -2.46. The molecule has 0 aromatic carbocycles. The summed E-state index contributed by atoms with van der Waals surface area (Å²) in [7, 11) is 0. The second-order valence-corrected chi connectivity index (χ2v) is 8.44. The quantitative estimate of drug-likeness (QED) is 0.277. The molecule has 0 atom stereocenters. The Hall–Kier alpha value is -3.98. The molecule has 0 saturated carbocycles. The molecule has 4 rings (SSSR count). The highest BCUT2D eigenvalue weighted by molar-refractivity contribution is 7.21. The highest BCUT2D eigenvalue weighted by Crippen LogP contribution is 2.43. The number of furan rings is 1. The van der Waals surface area contributed by atoms with Gasteiger partial charge in [0.1, 0.15) is 27.7 Å². The van der Waals surface area contributed by atoms with E-state index in [2.05, 4.69) is 15.4 Å². The standard InChI is InChI=1S/C19H12ClF3N6O5S/c1-7-13(20)17(29(32)33)27-28(7)6-11(30)26-14-12-8(9-3-2-4-34-9)5-10(19(21,22)23)25-18(12)35-15(14)16(24)31/h2-5H,6H2,1H3,(H2,24,31)(H,26,30). The summed E-state index contributed by atoms with van der Waals surface area (Å²) in [6.45, 7) is 0.848. The van der Waals surface area contributed by atoms with Gasteiger partial charge in [-0.15, -0.1) is 11.3 Å². The first-order valence-corrected chi connectivity index (χ1v) is 10.6. The SMILES string of the molecule is Cc1c(Cl)c([N+](=O)[O-])nn1CC(=O)Nc1c(C(N)=O)sc2nc(C(F)(F)F)cc(-c3ccco3)c12. The summed E-state index contributed by atoms with van der Waals surface area (Å²) < 4.78 is 46.6. The Balaban J connectivity index is 1.83. The number of aromatic nitrogens is 3. The minimum Gasteiger partial charge on any atom is -0.464 e. The van der Waals surface area contributed by atoms with Crippen molar-refractivity contribution in [3.8, 4) is 11.3 Å². The van der Waals surface area contributed by atoms with Crippen LogP contribution in [0.2, 0.25) is 5.02 Å². The summed E-state index contributed by atoms with van der Waals surface area (Å²) in [5, 5.41) is 16.9. The fourth-order valence-electron chi connectivity index (χ4n) is 3.26. The molecular weight excluding hydrogens is 517 g/mol. The van der Waals surface area contributed by atoms with Crippen LogP contribution in [0.4, 0.5) is 24.7 Å². The van der Waals surface area contributed by atoms with Gasteiger partial charge in [-0.25, -0.2) is 4.98 Å². The number of halogens is 4. The first-order chi connectivity index (χ1) is 16.4. The van der Waals surface area contributed by atoms with E-state index in [1.807, 2.05) is 0 Å². The summed E-state index contributed by atoms with van der Waals surface area (Å²) in [5.41, 5.74) is 4.05. The molecule has 11 nitrogen and oxygen atoms in total. The van der Waals surface area contributed by atoms with Gasteiger partial charge in [-0.1, -0.05) is 11.6 Å². The van der Waals surface area contributed by atoms with Gasteiger partial charge in [0.15, 0.2) is 5.02 Å². The number of thiophene rings is 1. The maximum atomic E-state index is 13.5. The summed E-state index contributed by atoms with van der Waals surface area (Å²) in [6, 6.07) is 3.58. The van der Waals surface area contributed by atoms with Gasteiger partial charge in [-0.05, 0) is 30.0 Å². The van der Waals surface area contributed by atoms with E-state index < -0.39 is 41.0 Å². The molecule has 0 unspecified atom stereocenters. The number of anilines is 1. The van der Waals surface area contributed by atoms with Gasteiger partial charge in [-0.2, -0.15) is 17.9 Å². The Labute approximate surface area is 201 Å². The van der Waals surface area contributed by atoms with E-state index in [1.54, 1.807) is 0 Å². The van der Waals surface area contributed by atoms with E-state index in [0.29, 0.717) is 11.3 Å². The van der Waals surface area contributed by atoms with Crippen molar-refractivity contribution in [3.63, 3.8) is 0 Å². The van der Waals surface area contributed by atoms with Crippen molar-refractivity contribution in [2.24, 2.45) is 5.73 Å². The molecule has 2 amide bonds. The number of primary amides is 1. The van der Waals surface area contributed by atoms with E-state index in [-0.39, 0.29) is 42.8 Å². The van der Waals surface area contributed by atoms with Crippen molar-refractivity contribution in [1.82, 2.24) is 14.8 Å². The van der Waals surface area contributed by atoms with Crippen LogP contribution < -0.4 is 11.1 Å². The molecule has 0 radical (unpaired) electrons. The lowest BCUT2D eigenvalue weighted by Crippen LogP contribution is -2.22. The number of carbonyl (C=O) groups excluding carboxylic acids is 2. The summed E-state index contributed by atoms with van der Waals surface area (Å²) in [6.07, 6.45) is -3.56. The number of amides is 2. The molecule has 0 aliphatic rings. The zero-order valence-electron chi connectivity index (χ0n) is 17.3. The molecule has 0 spiro atoms. The molecule has 4 aromatic heterocycles. The molecule has 16 heteroatoms. The van der Waals surface area contributed by atoms with E-state index >= 15 is 0 Å². The summed E-state index contributed by atoms with van der Waals surface area (Å²) >= 11 is 6.44. The number of nitrogens with one attached hydrogen (secondary N) is 1. The molecule has 182 valence electrons. The topological polar surface area (TPSA) is 159 Å². The van der Waals surface area contributed by atoms with Gasteiger partial charge in [0.05, 0.1) is 22.7 Å². The van der Waals surface area contributed by atoms with Crippen LogP contribution in [-0.2, 0) is 17.5 Å². The first-order valence-electron chi connectivity index (χ1n) is 9.44. The summed E-state index contributed by atoms with van der Waals surface area (Å²) in [4.78, 5) is 38.2. The van der Waals surface area contributed by atoms with Crippen LogP contribution >= 0.6 is 22.9 Å². The van der Waals surface area contributed by atoms with Gasteiger partial charge in [0, 0.05) is 10.9 Å². The van der Waals surface area contributed by atoms with Crippen molar-refractivity contribution in [1.29, 1.82) is 0 Å². The van der Waals surface area contributed by atoms with Crippen LogP contribution in [0.3, 0.4) is 0 Å². The number of hydrogen-bond acceptors (Lipinski definition) is 8. The van der Waals surface area contributed by atoms with Crippen molar-refractivity contribution in [2.75, 3.05) is 5.32 Å². The predicted molar refractivity (Wildman–Crippen MR) is 118 cm³/mol. The number of fused-ring (bicyclic) bond motifs is 1. The van der Waals surface area contributed by atoms with Gasteiger partial charge in [0.25, 0.3) is 5.91 Å². The molecule has 4 heterocycles. The predicted octanol–water partition coefficient (Wildman–Crippen LogP) is 4.38. The van der Waals surface area contributed by atoms with Crippen LogP contribution in [0, 0.1) is 17.0 Å². The molecule has 0 aliphatic carbocycles. The Morgan fingerprint density at radius 1 is 1.40 bits per heavy atom. The smallest absolute Gasteiger partial charge is 0.433 e. The highest BCUT2D eigenvalue weighted by Gasteiger charge is 2.35. The molecule has 0 saturated heterocycles. The normalized spacial score (nSPS) is 11.7. The lowest BCUT2D eigenvalue weighted by Gasteiger charge is -2.11. The first kappa shape index (κ1) is 24.2. The van der Waals surface area contributed by atoms with Gasteiger partial charge < -0.3 is 25.6 Å². The second kappa shape index (κ2) is 8.66. The molecule has 0 fully saturated rings. The van der Waals surface area contributed by atoms with Crippen molar-refractivity contribution >= 4 is 56.5 Å². The minimum atomic E-state index is -4.80. The molecular formula is C19H12ClF3N6O5S. The van der Waals surface area contributed by atoms with Gasteiger partial charge >= 0.3 is 12.0 Å². The van der Waals surface area contributed by atoms with Crippen molar-refractivity contribution in [3.05, 3.63) is 55.9 Å². The average molecular weight is 529 g/mol. The molecule has 35 heavy (non-hydrogen) atoms. The second-order valence-electron chi connectivity index (χ2n) is 7.07. The number of nitro groups is 1. The average Bonchev–Trinajstić information content (AvgIpc) is 3.48. The third kappa shape index (κ3) is 4.42. The van der Waals surface area contributed by atoms with Crippen molar-refractivity contribution in [2.45, 2.75) is 19.6 Å². The number of nitrogens with zero attached hydrogens (tertiary/aromatic N) is 4. The number of hydrogen-bond donors (Lipinski definition) is 2. The zero-order chi connectivity index (χ0) is 25.7. The van der Waals surface area contributed by atoms with Crippen LogP contribution in [0.25, 0.3) is 21.5 Å².